The van der Waals surface area contributed by atoms with E-state index in [9.17, 15) is 31.9 Å². The Bertz CT molecular complexity index is 2010. The number of benzene rings is 3. The van der Waals surface area contributed by atoms with Crippen LogP contribution in [-0.2, 0) is 31.6 Å². The van der Waals surface area contributed by atoms with Gasteiger partial charge in [0.25, 0.3) is 0 Å². The lowest BCUT2D eigenvalue weighted by Crippen LogP contribution is -2.59. The minimum Gasteiger partial charge on any atom is -0.390 e. The van der Waals surface area contributed by atoms with Gasteiger partial charge in [-0.2, -0.15) is 4.31 Å². The number of nitrogen functional groups attached to an aromatic ring is 1. The molecule has 53 heavy (non-hydrogen) atoms. The third kappa shape index (κ3) is 10.1. The Hall–Kier alpha value is -4.02. The van der Waals surface area contributed by atoms with E-state index in [2.05, 4.69) is 20.9 Å². The van der Waals surface area contributed by atoms with Crippen molar-refractivity contribution in [3.63, 3.8) is 0 Å². The second kappa shape index (κ2) is 16.1. The number of halogens is 2. The Balaban J connectivity index is 1.34. The smallest absolute Gasteiger partial charge is 0.243 e. The van der Waals surface area contributed by atoms with Gasteiger partial charge in [-0.3, -0.25) is 14.9 Å². The van der Waals surface area contributed by atoms with Crippen LogP contribution in [-0.4, -0.2) is 72.4 Å². The first-order valence-electron chi connectivity index (χ1n) is 17.6. The lowest BCUT2D eigenvalue weighted by atomic mass is 9.85. The topological polar surface area (TPSA) is 167 Å². The average Bonchev–Trinajstić information content (AvgIpc) is 3.77. The Labute approximate surface area is 313 Å². The number of fused-ring (bicyclic) bond motifs is 1. The molecule has 1 aromatic heterocycles. The first-order chi connectivity index (χ1) is 24.9. The molecular weight excluding hydrogens is 723 g/mol. The number of sulfonamides is 1. The maximum absolute atomic E-state index is 14.1. The molecule has 0 bridgehead atoms. The van der Waals surface area contributed by atoms with Crippen LogP contribution in [0.4, 0.5) is 13.9 Å². The third-order valence-electron chi connectivity index (χ3n) is 9.25. The standard InChI is InChI=1S/C38H48F2N6O5S2/c1-23(2)21-46(53(50,51)28-11-12-29-32(19-28)52-36(41)44-29)22-31(47)30(15-24-9-7-6-8-10-24)43-35(49)34(37(3,4)5)45-33(48)20-42-38(13-14-38)25-16-26(39)18-27(40)17-25/h6-12,16-19,23,30-31,34,42,47H,13-15,20-22H2,1-5H3,(H2,41,44)(H,43,49)(H,45,48). The van der Waals surface area contributed by atoms with Crippen molar-refractivity contribution in [1.29, 1.82) is 0 Å². The average molecular weight is 771 g/mol. The summed E-state index contributed by atoms with van der Waals surface area (Å²) in [4.78, 5) is 31.6. The van der Waals surface area contributed by atoms with Gasteiger partial charge in [0.15, 0.2) is 5.13 Å². The Morgan fingerprint density at radius 1 is 1.00 bits per heavy atom. The number of thiazole rings is 1. The predicted molar refractivity (Wildman–Crippen MR) is 202 cm³/mol. The number of hydrogen-bond acceptors (Lipinski definition) is 9. The number of anilines is 1. The molecule has 11 nitrogen and oxygen atoms in total. The van der Waals surface area contributed by atoms with Crippen LogP contribution in [0.1, 0.15) is 58.6 Å². The highest BCUT2D eigenvalue weighted by Gasteiger charge is 2.45. The van der Waals surface area contributed by atoms with E-state index in [4.69, 9.17) is 5.73 Å². The molecule has 1 saturated carbocycles. The summed E-state index contributed by atoms with van der Waals surface area (Å²) in [5, 5.41) is 21.0. The first-order valence-corrected chi connectivity index (χ1v) is 19.8. The van der Waals surface area contributed by atoms with E-state index in [0.29, 0.717) is 33.8 Å². The molecule has 3 unspecified atom stereocenters. The van der Waals surface area contributed by atoms with Crippen molar-refractivity contribution in [3.8, 4) is 0 Å². The van der Waals surface area contributed by atoms with Crippen molar-refractivity contribution in [2.24, 2.45) is 11.3 Å². The highest BCUT2D eigenvalue weighted by atomic mass is 32.2. The number of carbonyl (C=O) groups is 2. The summed E-state index contributed by atoms with van der Waals surface area (Å²) >= 11 is 1.18. The van der Waals surface area contributed by atoms with Gasteiger partial charge in [-0.05, 0) is 72.1 Å². The molecule has 1 aliphatic carbocycles. The second-order valence-corrected chi connectivity index (χ2v) is 18.2. The van der Waals surface area contributed by atoms with E-state index in [-0.39, 0.29) is 36.9 Å². The van der Waals surface area contributed by atoms with Gasteiger partial charge in [-0.1, -0.05) is 76.3 Å². The van der Waals surface area contributed by atoms with Crippen LogP contribution in [0, 0.1) is 23.0 Å². The molecule has 1 aliphatic rings. The molecule has 0 spiro atoms. The van der Waals surface area contributed by atoms with Crippen molar-refractivity contribution in [3.05, 3.63) is 89.5 Å². The van der Waals surface area contributed by atoms with E-state index < -0.39 is 62.6 Å². The fraction of sp³-hybridized carbons (Fsp3) is 0.447. The van der Waals surface area contributed by atoms with Gasteiger partial charge in [-0.25, -0.2) is 22.2 Å². The number of carbonyl (C=O) groups excluding carboxylic acids is 2. The lowest BCUT2D eigenvalue weighted by molar-refractivity contribution is -0.132. The summed E-state index contributed by atoms with van der Waals surface area (Å²) in [6.07, 6.45) is -0.00342. The second-order valence-electron chi connectivity index (χ2n) is 15.2. The summed E-state index contributed by atoms with van der Waals surface area (Å²) in [5.74, 6) is -2.57. The van der Waals surface area contributed by atoms with Crippen LogP contribution in [0.2, 0.25) is 0 Å². The minimum absolute atomic E-state index is 0.0322. The summed E-state index contributed by atoms with van der Waals surface area (Å²) in [6, 6.07) is 15.0. The van der Waals surface area contributed by atoms with E-state index in [1.54, 1.807) is 26.8 Å². The zero-order valence-electron chi connectivity index (χ0n) is 30.5. The Morgan fingerprint density at radius 2 is 1.66 bits per heavy atom. The van der Waals surface area contributed by atoms with Crippen LogP contribution in [0.3, 0.4) is 0 Å². The molecule has 0 radical (unpaired) electrons. The van der Waals surface area contributed by atoms with E-state index >= 15 is 0 Å². The van der Waals surface area contributed by atoms with Gasteiger partial charge in [0.05, 0.1) is 33.8 Å². The van der Waals surface area contributed by atoms with Crippen molar-refractivity contribution in [2.75, 3.05) is 25.4 Å². The van der Waals surface area contributed by atoms with Crippen molar-refractivity contribution < 1.29 is 31.9 Å². The maximum atomic E-state index is 14.1. The minimum atomic E-state index is -4.11. The quantitative estimate of drug-likeness (QED) is 0.109. The zero-order chi connectivity index (χ0) is 38.7. The van der Waals surface area contributed by atoms with Crippen molar-refractivity contribution in [1.82, 2.24) is 25.2 Å². The number of aliphatic hydroxyl groups is 1. The number of rotatable bonds is 16. The normalized spacial score (nSPS) is 16.0. The number of amides is 2. The van der Waals surface area contributed by atoms with Gasteiger partial charge < -0.3 is 21.5 Å². The molecule has 5 rings (SSSR count). The highest BCUT2D eigenvalue weighted by Crippen LogP contribution is 2.45. The SMILES string of the molecule is CC(C)CN(CC(O)C(Cc1ccccc1)NC(=O)C(NC(=O)CNC1(c2cc(F)cc(F)c2)CC1)C(C)(C)C)S(=O)(=O)c1ccc2nc(N)sc2c1. The highest BCUT2D eigenvalue weighted by molar-refractivity contribution is 7.89. The largest absolute Gasteiger partial charge is 0.390 e. The molecule has 4 aromatic rings. The fourth-order valence-electron chi connectivity index (χ4n) is 6.32. The van der Waals surface area contributed by atoms with E-state index in [0.717, 1.165) is 11.6 Å². The van der Waals surface area contributed by atoms with Crippen LogP contribution in [0.25, 0.3) is 10.2 Å². The predicted octanol–water partition coefficient (Wildman–Crippen LogP) is 4.70. The molecule has 1 fully saturated rings. The molecule has 3 aromatic carbocycles. The number of nitrogens with zero attached hydrogens (tertiary/aromatic N) is 2. The van der Waals surface area contributed by atoms with Crippen LogP contribution in [0.15, 0.2) is 71.6 Å². The van der Waals surface area contributed by atoms with Gasteiger partial charge in [0.2, 0.25) is 21.8 Å². The van der Waals surface area contributed by atoms with E-state index in [1.165, 1.54) is 39.9 Å². The number of nitrogens with two attached hydrogens (primary N) is 1. The Kier molecular flexibility index (Phi) is 12.2. The van der Waals surface area contributed by atoms with Gasteiger partial charge in [0.1, 0.15) is 17.7 Å². The van der Waals surface area contributed by atoms with E-state index in [1.807, 2.05) is 44.2 Å². The third-order valence-corrected chi connectivity index (χ3v) is 11.9. The number of aliphatic hydroxyl groups excluding tert-OH is 1. The van der Waals surface area contributed by atoms with Crippen LogP contribution in [0.5, 0.6) is 0 Å². The van der Waals surface area contributed by atoms with Gasteiger partial charge in [0, 0.05) is 24.7 Å². The number of hydrogen-bond donors (Lipinski definition) is 5. The summed E-state index contributed by atoms with van der Waals surface area (Å²) < 4.78 is 57.9. The molecular formula is C38H48F2N6O5S2. The number of aromatic nitrogens is 1. The molecule has 1 heterocycles. The van der Waals surface area contributed by atoms with Gasteiger partial charge in [-0.15, -0.1) is 0 Å². The monoisotopic (exact) mass is 770 g/mol. The fourth-order valence-corrected chi connectivity index (χ4v) is 8.82. The van der Waals surface area contributed by atoms with Gasteiger partial charge >= 0.3 is 0 Å². The molecule has 0 aliphatic heterocycles. The van der Waals surface area contributed by atoms with Crippen molar-refractivity contribution >= 4 is 48.5 Å². The van der Waals surface area contributed by atoms with Crippen LogP contribution < -0.4 is 21.7 Å². The summed E-state index contributed by atoms with van der Waals surface area (Å²) in [6.45, 7) is 8.68. The molecule has 2 amide bonds. The maximum Gasteiger partial charge on any atom is 0.243 e. The zero-order valence-corrected chi connectivity index (χ0v) is 32.2. The molecule has 286 valence electrons. The number of nitrogens with one attached hydrogen (secondary N) is 3. The summed E-state index contributed by atoms with van der Waals surface area (Å²) in [7, 11) is -4.11. The molecule has 15 heteroatoms. The molecule has 0 saturated heterocycles. The molecule has 3 atom stereocenters. The summed E-state index contributed by atoms with van der Waals surface area (Å²) in [5.41, 5.74) is 6.11. The Morgan fingerprint density at radius 3 is 2.26 bits per heavy atom. The van der Waals surface area contributed by atoms with Crippen LogP contribution >= 0.6 is 11.3 Å². The molecule has 6 N–H and O–H groups in total. The lowest BCUT2D eigenvalue weighted by Gasteiger charge is -2.34. The van der Waals surface area contributed by atoms with Crippen molar-refractivity contribution in [2.45, 2.75) is 82.5 Å². The first kappa shape index (κ1) is 40.2.